The first-order valence-corrected chi connectivity index (χ1v) is 8.86. The van der Waals surface area contributed by atoms with Crippen LogP contribution in [-0.2, 0) is 19.6 Å². The number of carbonyl (C=O) groups excluding carboxylic acids is 1. The molecule has 0 aromatic heterocycles. The summed E-state index contributed by atoms with van der Waals surface area (Å²) in [7, 11) is -3.96. The summed E-state index contributed by atoms with van der Waals surface area (Å²) < 4.78 is 32.7. The Kier molecular flexibility index (Phi) is 4.51. The SMILES string of the molecule is O=C1C[C@@H](NS(=O)(=O)c2ccc([N+](=O)[O-])cc2)[C@H](c2ccccc2)O1. The second kappa shape index (κ2) is 6.61. The van der Waals surface area contributed by atoms with Crippen molar-refractivity contribution in [3.8, 4) is 0 Å². The van der Waals surface area contributed by atoms with Crippen LogP contribution in [0.4, 0.5) is 5.69 Å². The molecule has 8 nitrogen and oxygen atoms in total. The molecule has 0 amide bonds. The van der Waals surface area contributed by atoms with E-state index in [2.05, 4.69) is 4.72 Å². The smallest absolute Gasteiger partial charge is 0.308 e. The van der Waals surface area contributed by atoms with Crippen LogP contribution in [0, 0.1) is 10.1 Å². The number of esters is 1. The first kappa shape index (κ1) is 17.1. The van der Waals surface area contributed by atoms with Gasteiger partial charge in [-0.1, -0.05) is 30.3 Å². The number of nitrogens with zero attached hydrogens (tertiary/aromatic N) is 1. The zero-order valence-corrected chi connectivity index (χ0v) is 13.7. The van der Waals surface area contributed by atoms with Crippen LogP contribution in [0.25, 0.3) is 0 Å². The molecular weight excluding hydrogens is 348 g/mol. The van der Waals surface area contributed by atoms with Gasteiger partial charge in [0, 0.05) is 12.1 Å². The highest BCUT2D eigenvalue weighted by atomic mass is 32.2. The maximum Gasteiger partial charge on any atom is 0.308 e. The second-order valence-electron chi connectivity index (χ2n) is 5.50. The first-order valence-electron chi connectivity index (χ1n) is 7.38. The van der Waals surface area contributed by atoms with E-state index in [1.807, 2.05) is 0 Å². The van der Waals surface area contributed by atoms with Crippen molar-refractivity contribution in [2.45, 2.75) is 23.5 Å². The minimum atomic E-state index is -3.96. The molecule has 2 aromatic rings. The van der Waals surface area contributed by atoms with Crippen molar-refractivity contribution in [3.05, 3.63) is 70.3 Å². The number of nitro benzene ring substituents is 1. The summed E-state index contributed by atoms with van der Waals surface area (Å²) in [6.45, 7) is 0. The number of benzene rings is 2. The lowest BCUT2D eigenvalue weighted by atomic mass is 10.0. The van der Waals surface area contributed by atoms with Crippen molar-refractivity contribution >= 4 is 21.7 Å². The third-order valence-corrected chi connectivity index (χ3v) is 5.31. The average Bonchev–Trinajstić information content (AvgIpc) is 2.95. The third kappa shape index (κ3) is 3.67. The lowest BCUT2D eigenvalue weighted by Gasteiger charge is -2.19. The summed E-state index contributed by atoms with van der Waals surface area (Å²) in [5.74, 6) is -0.495. The Morgan fingerprint density at radius 1 is 1.08 bits per heavy atom. The van der Waals surface area contributed by atoms with E-state index in [4.69, 9.17) is 4.74 Å². The number of sulfonamides is 1. The van der Waals surface area contributed by atoms with Crippen LogP contribution in [0.15, 0.2) is 59.5 Å². The van der Waals surface area contributed by atoms with Gasteiger partial charge < -0.3 is 4.74 Å². The van der Waals surface area contributed by atoms with Crippen LogP contribution in [0.2, 0.25) is 0 Å². The zero-order valence-electron chi connectivity index (χ0n) is 12.9. The molecule has 1 aliphatic rings. The fourth-order valence-electron chi connectivity index (χ4n) is 2.62. The molecule has 0 radical (unpaired) electrons. The van der Waals surface area contributed by atoms with Crippen LogP contribution in [0.3, 0.4) is 0 Å². The Bertz CT molecular complexity index is 896. The van der Waals surface area contributed by atoms with Crippen LogP contribution in [0.1, 0.15) is 18.1 Å². The highest BCUT2D eigenvalue weighted by Crippen LogP contribution is 2.31. The Morgan fingerprint density at radius 2 is 1.72 bits per heavy atom. The van der Waals surface area contributed by atoms with E-state index < -0.39 is 33.1 Å². The fraction of sp³-hybridized carbons (Fsp3) is 0.188. The molecule has 1 saturated heterocycles. The summed E-state index contributed by atoms with van der Waals surface area (Å²) >= 11 is 0. The van der Waals surface area contributed by atoms with Gasteiger partial charge >= 0.3 is 5.97 Å². The Balaban J connectivity index is 1.83. The molecule has 0 unspecified atom stereocenters. The molecular formula is C16H14N2O6S. The number of hydrogen-bond acceptors (Lipinski definition) is 6. The van der Waals surface area contributed by atoms with Crippen molar-refractivity contribution < 1.29 is 22.9 Å². The third-order valence-electron chi connectivity index (χ3n) is 3.80. The predicted octanol–water partition coefficient (Wildman–Crippen LogP) is 1.93. The van der Waals surface area contributed by atoms with Crippen molar-refractivity contribution in [1.82, 2.24) is 4.72 Å². The van der Waals surface area contributed by atoms with Crippen LogP contribution in [-0.4, -0.2) is 25.4 Å². The maximum absolute atomic E-state index is 12.5. The molecule has 2 atom stereocenters. The van der Waals surface area contributed by atoms with Crippen LogP contribution >= 0.6 is 0 Å². The number of hydrogen-bond donors (Lipinski definition) is 1. The van der Waals surface area contributed by atoms with E-state index in [9.17, 15) is 23.3 Å². The van der Waals surface area contributed by atoms with Crippen LogP contribution < -0.4 is 4.72 Å². The normalized spacial score (nSPS) is 20.2. The standard InChI is InChI=1S/C16H14N2O6S/c19-15-10-14(16(24-15)11-4-2-1-3-5-11)17-25(22,23)13-8-6-12(7-9-13)18(20)21/h1-9,14,16-17H,10H2/t14-,16+/m1/s1. The van der Waals surface area contributed by atoms with Gasteiger partial charge in [-0.15, -0.1) is 0 Å². The number of nitrogens with one attached hydrogen (secondary N) is 1. The van der Waals surface area contributed by atoms with E-state index in [1.165, 1.54) is 0 Å². The molecule has 0 saturated carbocycles. The van der Waals surface area contributed by atoms with Gasteiger partial charge in [0.25, 0.3) is 5.69 Å². The number of nitro groups is 1. The molecule has 0 spiro atoms. The average molecular weight is 362 g/mol. The van der Waals surface area contributed by atoms with Crippen molar-refractivity contribution in [1.29, 1.82) is 0 Å². The van der Waals surface area contributed by atoms with Gasteiger partial charge in [0.05, 0.1) is 22.3 Å². The van der Waals surface area contributed by atoms with Gasteiger partial charge in [-0.3, -0.25) is 14.9 Å². The van der Waals surface area contributed by atoms with Gasteiger partial charge in [-0.25, -0.2) is 13.1 Å². The van der Waals surface area contributed by atoms with E-state index >= 15 is 0 Å². The number of carbonyl (C=O) groups is 1. The van der Waals surface area contributed by atoms with E-state index in [1.54, 1.807) is 30.3 Å². The molecule has 0 bridgehead atoms. The molecule has 3 rings (SSSR count). The molecule has 130 valence electrons. The second-order valence-corrected chi connectivity index (χ2v) is 7.22. The molecule has 25 heavy (non-hydrogen) atoms. The van der Waals surface area contributed by atoms with Crippen molar-refractivity contribution in [3.63, 3.8) is 0 Å². The Hall–Kier alpha value is -2.78. The topological polar surface area (TPSA) is 116 Å². The maximum atomic E-state index is 12.5. The molecule has 1 N–H and O–H groups in total. The first-order chi connectivity index (χ1) is 11.9. The highest BCUT2D eigenvalue weighted by Gasteiger charge is 2.38. The summed E-state index contributed by atoms with van der Waals surface area (Å²) in [5, 5.41) is 10.7. The molecule has 1 heterocycles. The zero-order chi connectivity index (χ0) is 18.0. The Morgan fingerprint density at radius 3 is 2.32 bits per heavy atom. The summed E-state index contributed by atoms with van der Waals surface area (Å²) in [6.07, 6.45) is -0.812. The highest BCUT2D eigenvalue weighted by molar-refractivity contribution is 7.89. The monoisotopic (exact) mass is 362 g/mol. The van der Waals surface area contributed by atoms with E-state index in [-0.39, 0.29) is 17.0 Å². The number of non-ortho nitro benzene ring substituents is 1. The lowest BCUT2D eigenvalue weighted by molar-refractivity contribution is -0.384. The largest absolute Gasteiger partial charge is 0.456 e. The molecule has 0 aliphatic carbocycles. The van der Waals surface area contributed by atoms with Crippen molar-refractivity contribution in [2.24, 2.45) is 0 Å². The van der Waals surface area contributed by atoms with E-state index in [0.717, 1.165) is 24.3 Å². The van der Waals surface area contributed by atoms with Gasteiger partial charge in [0.15, 0.2) is 0 Å². The number of rotatable bonds is 5. The number of ether oxygens (including phenoxy) is 1. The minimum absolute atomic E-state index is 0.0915. The van der Waals surface area contributed by atoms with Gasteiger partial charge in [-0.05, 0) is 17.7 Å². The van der Waals surface area contributed by atoms with E-state index in [0.29, 0.717) is 5.56 Å². The Labute approximate surface area is 143 Å². The summed E-state index contributed by atoms with van der Waals surface area (Å²) in [5.41, 5.74) is 0.477. The summed E-state index contributed by atoms with van der Waals surface area (Å²) in [4.78, 5) is 21.6. The number of cyclic esters (lactones) is 1. The fourth-order valence-corrected chi connectivity index (χ4v) is 3.86. The quantitative estimate of drug-likeness (QED) is 0.494. The molecule has 9 heteroatoms. The lowest BCUT2D eigenvalue weighted by Crippen LogP contribution is -2.36. The molecule has 1 fully saturated rings. The predicted molar refractivity (Wildman–Crippen MR) is 87.1 cm³/mol. The van der Waals surface area contributed by atoms with Gasteiger partial charge in [0.1, 0.15) is 6.10 Å². The van der Waals surface area contributed by atoms with Crippen LogP contribution in [0.5, 0.6) is 0 Å². The molecule has 1 aliphatic heterocycles. The minimum Gasteiger partial charge on any atom is -0.456 e. The van der Waals surface area contributed by atoms with Gasteiger partial charge in [-0.2, -0.15) is 0 Å². The summed E-state index contributed by atoms with van der Waals surface area (Å²) in [6, 6.07) is 12.6. The molecule has 2 aromatic carbocycles. The van der Waals surface area contributed by atoms with Gasteiger partial charge in [0.2, 0.25) is 10.0 Å². The van der Waals surface area contributed by atoms with Crippen molar-refractivity contribution in [2.75, 3.05) is 0 Å².